The van der Waals surface area contributed by atoms with Crippen LogP contribution in [0.3, 0.4) is 0 Å². The van der Waals surface area contributed by atoms with E-state index in [4.69, 9.17) is 18.5 Å². The van der Waals surface area contributed by atoms with Crippen LogP contribution in [0.25, 0.3) is 0 Å². The molecule has 344 valence electrons. The number of hydrogen-bond acceptors (Lipinski definition) is 9. The maximum absolute atomic E-state index is 12.7. The van der Waals surface area contributed by atoms with Crippen LogP contribution in [0.15, 0.2) is 85.1 Å². The van der Waals surface area contributed by atoms with Gasteiger partial charge in [-0.15, -0.1) is 0 Å². The molecular formula is C48H83NO10P+. The van der Waals surface area contributed by atoms with E-state index in [-0.39, 0.29) is 26.1 Å². The second-order valence-corrected chi connectivity index (χ2v) is 17.6. The first kappa shape index (κ1) is 57.1. The number of rotatable bonds is 39. The highest BCUT2D eigenvalue weighted by molar-refractivity contribution is 7.47. The first-order valence-electron chi connectivity index (χ1n) is 22.5. The van der Waals surface area contributed by atoms with Gasteiger partial charge in [-0.2, -0.15) is 0 Å². The molecule has 0 saturated heterocycles. The van der Waals surface area contributed by atoms with Crippen molar-refractivity contribution < 1.29 is 52.3 Å². The van der Waals surface area contributed by atoms with E-state index in [9.17, 15) is 29.3 Å². The average Bonchev–Trinajstić information content (AvgIpc) is 3.19. The Hall–Kier alpha value is -2.89. The highest BCUT2D eigenvalue weighted by Gasteiger charge is 2.27. The van der Waals surface area contributed by atoms with Crippen molar-refractivity contribution in [2.75, 3.05) is 47.5 Å². The monoisotopic (exact) mass is 865 g/mol. The largest absolute Gasteiger partial charge is 0.472 e. The van der Waals surface area contributed by atoms with Crippen molar-refractivity contribution in [1.29, 1.82) is 0 Å². The van der Waals surface area contributed by atoms with E-state index < -0.39 is 44.7 Å². The van der Waals surface area contributed by atoms with E-state index in [1.807, 2.05) is 51.5 Å². The van der Waals surface area contributed by atoms with Gasteiger partial charge >= 0.3 is 19.8 Å². The SMILES string of the molecule is CCCCC/C=C\C/C=C\C/C=C\CCCCCCC(=O)OC[C@H](COP(=O)(O)OCC[N+](C)(C)C)OC(=O)CCC[C@H](O)/C=C/C=C\C/C=C\C=C\[C@H](O)CCCCC. The molecule has 0 aromatic rings. The standard InChI is InChI=1S/C48H82NO10P/c1-6-8-10-11-12-13-14-15-16-17-18-19-20-21-25-28-32-38-47(52)56-42-46(43-58-60(54,55)57-41-40-49(3,4)5)59-48(53)39-33-37-45(51)36-31-27-24-22-23-26-30-35-44(50)34-29-9-7-2/h12-13,15-16,18-19,23-24,26-27,30-31,35-36,44-46,50-51H,6-11,14,17,20-22,25,28-29,32-34,37-43H2,1-5H3/p+1/b13-12-,16-15-,19-18-,26-23-,27-24-,35-30+,36-31+/t44-,45-,46-/m1/s1. The van der Waals surface area contributed by atoms with Crippen molar-refractivity contribution in [2.45, 2.75) is 161 Å². The van der Waals surface area contributed by atoms with Crippen LogP contribution in [0.2, 0.25) is 0 Å². The molecule has 0 spiro atoms. The Balaban J connectivity index is 4.65. The van der Waals surface area contributed by atoms with Gasteiger partial charge in [0.15, 0.2) is 6.10 Å². The van der Waals surface area contributed by atoms with Gasteiger partial charge < -0.3 is 29.1 Å². The van der Waals surface area contributed by atoms with Gasteiger partial charge in [0.05, 0.1) is 40.0 Å². The minimum Gasteiger partial charge on any atom is -0.462 e. The summed E-state index contributed by atoms with van der Waals surface area (Å²) in [5, 5.41) is 20.2. The lowest BCUT2D eigenvalue weighted by atomic mass is 10.1. The number of ether oxygens (including phenoxy) is 2. The summed E-state index contributed by atoms with van der Waals surface area (Å²) >= 11 is 0. The summed E-state index contributed by atoms with van der Waals surface area (Å²) in [5.74, 6) is -1.06. The third kappa shape index (κ3) is 41.8. The number of esters is 2. The number of carbonyl (C=O) groups excluding carboxylic acids is 2. The van der Waals surface area contributed by atoms with Crippen molar-refractivity contribution >= 4 is 19.8 Å². The number of nitrogens with zero attached hydrogens (tertiary/aromatic N) is 1. The van der Waals surface area contributed by atoms with Gasteiger partial charge in [-0.05, 0) is 70.6 Å². The van der Waals surface area contributed by atoms with Crippen molar-refractivity contribution in [3.63, 3.8) is 0 Å². The fraction of sp³-hybridized carbons (Fsp3) is 0.667. The fourth-order valence-corrected chi connectivity index (χ4v) is 6.21. The maximum atomic E-state index is 12.7. The second kappa shape index (κ2) is 39.0. The van der Waals surface area contributed by atoms with Gasteiger partial charge in [0, 0.05) is 12.8 Å². The first-order chi connectivity index (χ1) is 28.8. The third-order valence-corrected chi connectivity index (χ3v) is 10.1. The maximum Gasteiger partial charge on any atom is 0.472 e. The molecule has 4 atom stereocenters. The van der Waals surface area contributed by atoms with Crippen LogP contribution in [-0.2, 0) is 32.7 Å². The second-order valence-electron chi connectivity index (χ2n) is 16.1. The van der Waals surface area contributed by atoms with Gasteiger partial charge in [-0.3, -0.25) is 18.6 Å². The molecule has 0 fully saturated rings. The number of quaternary nitrogens is 1. The smallest absolute Gasteiger partial charge is 0.462 e. The van der Waals surface area contributed by atoms with Crippen LogP contribution in [0.5, 0.6) is 0 Å². The van der Waals surface area contributed by atoms with Gasteiger partial charge in [0.2, 0.25) is 0 Å². The van der Waals surface area contributed by atoms with E-state index in [1.165, 1.54) is 25.7 Å². The Morgan fingerprint density at radius 3 is 1.72 bits per heavy atom. The number of carbonyl (C=O) groups is 2. The van der Waals surface area contributed by atoms with Crippen molar-refractivity contribution in [1.82, 2.24) is 0 Å². The molecule has 0 aliphatic carbocycles. The normalized spacial score (nSPS) is 15.4. The van der Waals surface area contributed by atoms with Crippen LogP contribution >= 0.6 is 7.82 Å². The molecule has 0 heterocycles. The molecule has 0 saturated carbocycles. The number of likely N-dealkylation sites (N-methyl/N-ethyl adjacent to an activating group) is 1. The zero-order valence-electron chi connectivity index (χ0n) is 37.9. The van der Waals surface area contributed by atoms with Crippen molar-refractivity contribution in [2.24, 2.45) is 0 Å². The van der Waals surface area contributed by atoms with Crippen molar-refractivity contribution in [3.8, 4) is 0 Å². The number of phosphoric acid groups is 1. The molecule has 0 bridgehead atoms. The summed E-state index contributed by atoms with van der Waals surface area (Å²) in [6.45, 7) is 3.97. The summed E-state index contributed by atoms with van der Waals surface area (Å²) in [4.78, 5) is 35.4. The minimum atomic E-state index is -4.45. The molecule has 0 aromatic heterocycles. The van der Waals surface area contributed by atoms with Crippen LogP contribution in [0, 0.1) is 0 Å². The molecular weight excluding hydrogens is 781 g/mol. The van der Waals surface area contributed by atoms with Crippen molar-refractivity contribution in [3.05, 3.63) is 85.1 Å². The quantitative estimate of drug-likeness (QED) is 0.0136. The molecule has 0 amide bonds. The number of aliphatic hydroxyl groups excluding tert-OH is 2. The predicted molar refractivity (Wildman–Crippen MR) is 245 cm³/mol. The fourth-order valence-electron chi connectivity index (χ4n) is 5.47. The predicted octanol–water partition coefficient (Wildman–Crippen LogP) is 10.7. The highest BCUT2D eigenvalue weighted by Crippen LogP contribution is 2.43. The Labute approximate surface area is 364 Å². The van der Waals surface area contributed by atoms with Crippen LogP contribution < -0.4 is 0 Å². The number of phosphoric ester groups is 1. The van der Waals surface area contributed by atoms with Crippen LogP contribution in [0.1, 0.15) is 142 Å². The molecule has 3 N–H and O–H groups in total. The molecule has 0 aliphatic rings. The van der Waals surface area contributed by atoms with E-state index in [2.05, 4.69) is 50.3 Å². The minimum absolute atomic E-state index is 0.0175. The molecule has 60 heavy (non-hydrogen) atoms. The summed E-state index contributed by atoms with van der Waals surface area (Å²) in [6, 6.07) is 0. The summed E-state index contributed by atoms with van der Waals surface area (Å²) in [7, 11) is 1.30. The molecule has 0 rings (SSSR count). The Bertz CT molecular complexity index is 1330. The van der Waals surface area contributed by atoms with E-state index in [0.717, 1.165) is 64.2 Å². The van der Waals surface area contributed by atoms with Crippen LogP contribution in [-0.4, -0.2) is 97.3 Å². The number of allylic oxidation sites excluding steroid dienone is 12. The Morgan fingerprint density at radius 1 is 0.600 bits per heavy atom. The van der Waals surface area contributed by atoms with Gasteiger partial charge in [-0.25, -0.2) is 4.57 Å². The van der Waals surface area contributed by atoms with E-state index >= 15 is 0 Å². The number of hydrogen-bond donors (Lipinski definition) is 3. The molecule has 0 aliphatic heterocycles. The molecule has 0 radical (unpaired) electrons. The molecule has 1 unspecified atom stereocenters. The first-order valence-corrected chi connectivity index (χ1v) is 24.0. The third-order valence-electron chi connectivity index (χ3n) is 9.11. The topological polar surface area (TPSA) is 149 Å². The molecule has 11 nitrogen and oxygen atoms in total. The van der Waals surface area contributed by atoms with Gasteiger partial charge in [0.1, 0.15) is 19.8 Å². The van der Waals surface area contributed by atoms with Gasteiger partial charge in [-0.1, -0.05) is 144 Å². The van der Waals surface area contributed by atoms with Gasteiger partial charge in [0.25, 0.3) is 0 Å². The zero-order valence-corrected chi connectivity index (χ0v) is 38.8. The number of aliphatic hydroxyl groups is 2. The zero-order chi connectivity index (χ0) is 44.6. The molecule has 0 aromatic carbocycles. The Kier molecular flexibility index (Phi) is 37.1. The highest BCUT2D eigenvalue weighted by atomic mass is 31.2. The summed E-state index contributed by atoms with van der Waals surface area (Å²) < 4.78 is 34.1. The lowest BCUT2D eigenvalue weighted by molar-refractivity contribution is -0.870. The molecule has 12 heteroatoms. The lowest BCUT2D eigenvalue weighted by Gasteiger charge is -2.24. The average molecular weight is 865 g/mol. The van der Waals surface area contributed by atoms with Crippen LogP contribution in [0.4, 0.5) is 0 Å². The summed E-state index contributed by atoms with van der Waals surface area (Å²) in [6.07, 6.45) is 42.7. The lowest BCUT2D eigenvalue weighted by Crippen LogP contribution is -2.37. The van der Waals surface area contributed by atoms with E-state index in [0.29, 0.717) is 36.7 Å². The number of unbranched alkanes of at least 4 members (excludes halogenated alkanes) is 9. The summed E-state index contributed by atoms with van der Waals surface area (Å²) in [5.41, 5.74) is 0. The Morgan fingerprint density at radius 2 is 1.12 bits per heavy atom. The van der Waals surface area contributed by atoms with E-state index in [1.54, 1.807) is 18.2 Å².